The van der Waals surface area contributed by atoms with Crippen molar-refractivity contribution in [3.05, 3.63) is 0 Å². The second kappa shape index (κ2) is 6.80. The molecule has 0 aromatic carbocycles. The van der Waals surface area contributed by atoms with Crippen molar-refractivity contribution in [2.75, 3.05) is 6.54 Å². The Morgan fingerprint density at radius 2 is 1.71 bits per heavy atom. The van der Waals surface area contributed by atoms with Gasteiger partial charge in [-0.3, -0.25) is 9.59 Å². The molecule has 0 radical (unpaired) electrons. The Kier molecular flexibility index (Phi) is 5.83. The SMILES string of the molecule is CCC(C)CN1C(=O)C(C(C)(C)C)NC(=O)C1C(C)CC. The minimum atomic E-state index is -0.422. The van der Waals surface area contributed by atoms with Gasteiger partial charge >= 0.3 is 0 Å². The van der Waals surface area contributed by atoms with E-state index in [4.69, 9.17) is 0 Å². The van der Waals surface area contributed by atoms with E-state index in [1.54, 1.807) is 0 Å². The van der Waals surface area contributed by atoms with Crippen LogP contribution in [0.3, 0.4) is 0 Å². The van der Waals surface area contributed by atoms with Gasteiger partial charge in [0.15, 0.2) is 0 Å². The number of rotatable bonds is 5. The number of hydrogen-bond donors (Lipinski definition) is 1. The van der Waals surface area contributed by atoms with Crippen LogP contribution in [0.15, 0.2) is 0 Å². The van der Waals surface area contributed by atoms with E-state index in [2.05, 4.69) is 33.0 Å². The number of nitrogens with zero attached hydrogens (tertiary/aromatic N) is 1. The van der Waals surface area contributed by atoms with Crippen LogP contribution < -0.4 is 5.32 Å². The van der Waals surface area contributed by atoms with E-state index in [1.165, 1.54) is 0 Å². The zero-order valence-corrected chi connectivity index (χ0v) is 14.7. The lowest BCUT2D eigenvalue weighted by atomic mass is 9.82. The Labute approximate surface area is 129 Å². The number of carbonyl (C=O) groups excluding carboxylic acids is 2. The third-order valence-corrected chi connectivity index (χ3v) is 4.68. The van der Waals surface area contributed by atoms with Crippen LogP contribution in [-0.2, 0) is 9.59 Å². The van der Waals surface area contributed by atoms with E-state index >= 15 is 0 Å². The summed E-state index contributed by atoms with van der Waals surface area (Å²) >= 11 is 0. The first-order chi connectivity index (χ1) is 9.63. The lowest BCUT2D eigenvalue weighted by Gasteiger charge is -2.45. The van der Waals surface area contributed by atoms with Crippen molar-refractivity contribution < 1.29 is 9.59 Å². The first kappa shape index (κ1) is 18.0. The first-order valence-corrected chi connectivity index (χ1v) is 8.24. The fraction of sp³-hybridized carbons (Fsp3) is 0.882. The molecule has 122 valence electrons. The van der Waals surface area contributed by atoms with Crippen LogP contribution in [0.5, 0.6) is 0 Å². The highest BCUT2D eigenvalue weighted by molar-refractivity contribution is 5.97. The monoisotopic (exact) mass is 296 g/mol. The predicted octanol–water partition coefficient (Wildman–Crippen LogP) is 2.82. The molecule has 1 aliphatic heterocycles. The fourth-order valence-electron chi connectivity index (χ4n) is 2.78. The molecule has 21 heavy (non-hydrogen) atoms. The van der Waals surface area contributed by atoms with Crippen molar-refractivity contribution in [2.24, 2.45) is 17.3 Å². The molecule has 4 unspecified atom stereocenters. The highest BCUT2D eigenvalue weighted by atomic mass is 16.2. The smallest absolute Gasteiger partial charge is 0.246 e. The second-order valence-electron chi connectivity index (χ2n) is 7.64. The maximum Gasteiger partial charge on any atom is 0.246 e. The number of piperazine rings is 1. The highest BCUT2D eigenvalue weighted by Gasteiger charge is 2.46. The van der Waals surface area contributed by atoms with Gasteiger partial charge in [-0.05, 0) is 17.3 Å². The molecule has 1 heterocycles. The van der Waals surface area contributed by atoms with Crippen molar-refractivity contribution in [3.63, 3.8) is 0 Å². The predicted molar refractivity (Wildman–Crippen MR) is 85.8 cm³/mol. The number of hydrogen-bond acceptors (Lipinski definition) is 2. The molecule has 0 aromatic heterocycles. The van der Waals surface area contributed by atoms with E-state index in [9.17, 15) is 9.59 Å². The Morgan fingerprint density at radius 3 is 2.14 bits per heavy atom. The van der Waals surface area contributed by atoms with Crippen LogP contribution in [0.25, 0.3) is 0 Å². The Bertz CT molecular complexity index is 387. The molecule has 4 nitrogen and oxygen atoms in total. The maximum absolute atomic E-state index is 12.9. The summed E-state index contributed by atoms with van der Waals surface area (Å²) < 4.78 is 0. The van der Waals surface area contributed by atoms with Crippen molar-refractivity contribution in [3.8, 4) is 0 Å². The molecule has 1 saturated heterocycles. The summed E-state index contributed by atoms with van der Waals surface area (Å²) in [6.07, 6.45) is 1.90. The van der Waals surface area contributed by atoms with Crippen LogP contribution in [0.2, 0.25) is 0 Å². The quantitative estimate of drug-likeness (QED) is 0.848. The molecule has 1 aliphatic rings. The Balaban J connectivity index is 3.11. The van der Waals surface area contributed by atoms with Gasteiger partial charge in [0.05, 0.1) is 0 Å². The fourth-order valence-corrected chi connectivity index (χ4v) is 2.78. The standard InChI is InChI=1S/C17H32N2O2/c1-8-11(3)10-19-13(12(4)9-2)15(20)18-14(16(19)21)17(5,6)7/h11-14H,8-10H2,1-7H3,(H,18,20). The van der Waals surface area contributed by atoms with E-state index < -0.39 is 6.04 Å². The summed E-state index contributed by atoms with van der Waals surface area (Å²) in [6.45, 7) is 15.1. The van der Waals surface area contributed by atoms with Gasteiger partial charge in [0, 0.05) is 6.54 Å². The summed E-state index contributed by atoms with van der Waals surface area (Å²) in [6, 6.07) is -0.746. The van der Waals surface area contributed by atoms with Gasteiger partial charge in [-0.15, -0.1) is 0 Å². The minimum Gasteiger partial charge on any atom is -0.342 e. The molecule has 1 rings (SSSR count). The van der Waals surface area contributed by atoms with Crippen LogP contribution >= 0.6 is 0 Å². The maximum atomic E-state index is 12.9. The van der Waals surface area contributed by atoms with E-state index in [-0.39, 0.29) is 29.2 Å². The van der Waals surface area contributed by atoms with Crippen molar-refractivity contribution in [1.29, 1.82) is 0 Å². The minimum absolute atomic E-state index is 0.00665. The summed E-state index contributed by atoms with van der Waals surface area (Å²) in [4.78, 5) is 27.3. The molecule has 2 amide bonds. The largest absolute Gasteiger partial charge is 0.342 e. The van der Waals surface area contributed by atoms with Crippen LogP contribution in [0, 0.1) is 17.3 Å². The second-order valence-corrected chi connectivity index (χ2v) is 7.64. The van der Waals surface area contributed by atoms with Crippen LogP contribution in [0.1, 0.15) is 61.3 Å². The van der Waals surface area contributed by atoms with Gasteiger partial charge in [0.25, 0.3) is 0 Å². The molecule has 0 aliphatic carbocycles. The van der Waals surface area contributed by atoms with E-state index in [1.807, 2.05) is 25.7 Å². The van der Waals surface area contributed by atoms with Gasteiger partial charge in [0.1, 0.15) is 12.1 Å². The molecular formula is C17H32N2O2. The third kappa shape index (κ3) is 3.98. The van der Waals surface area contributed by atoms with Gasteiger partial charge in [0.2, 0.25) is 11.8 Å². The Hall–Kier alpha value is -1.06. The lowest BCUT2D eigenvalue weighted by molar-refractivity contribution is -0.155. The van der Waals surface area contributed by atoms with Gasteiger partial charge in [-0.25, -0.2) is 0 Å². The van der Waals surface area contributed by atoms with Gasteiger partial charge < -0.3 is 10.2 Å². The molecule has 1 N–H and O–H groups in total. The summed E-state index contributed by atoms with van der Waals surface area (Å²) in [5, 5.41) is 2.96. The molecule has 0 aromatic rings. The summed E-state index contributed by atoms with van der Waals surface area (Å²) in [5.41, 5.74) is -0.263. The van der Waals surface area contributed by atoms with Crippen molar-refractivity contribution in [1.82, 2.24) is 10.2 Å². The van der Waals surface area contributed by atoms with Crippen molar-refractivity contribution in [2.45, 2.75) is 73.4 Å². The van der Waals surface area contributed by atoms with E-state index in [0.717, 1.165) is 12.8 Å². The van der Waals surface area contributed by atoms with Gasteiger partial charge in [-0.2, -0.15) is 0 Å². The zero-order valence-electron chi connectivity index (χ0n) is 14.7. The molecule has 1 fully saturated rings. The summed E-state index contributed by atoms with van der Waals surface area (Å²) in [5.74, 6) is 0.672. The van der Waals surface area contributed by atoms with Crippen LogP contribution in [0.4, 0.5) is 0 Å². The average molecular weight is 296 g/mol. The highest BCUT2D eigenvalue weighted by Crippen LogP contribution is 2.29. The number of carbonyl (C=O) groups is 2. The Morgan fingerprint density at radius 1 is 1.14 bits per heavy atom. The normalized spacial score (nSPS) is 26.5. The average Bonchev–Trinajstić information content (AvgIpc) is 2.40. The zero-order chi connectivity index (χ0) is 16.4. The molecule has 0 spiro atoms. The van der Waals surface area contributed by atoms with Crippen LogP contribution in [-0.4, -0.2) is 35.3 Å². The third-order valence-electron chi connectivity index (χ3n) is 4.68. The lowest BCUT2D eigenvalue weighted by Crippen LogP contribution is -2.68. The number of amides is 2. The molecule has 0 bridgehead atoms. The topological polar surface area (TPSA) is 49.4 Å². The molecule has 4 atom stereocenters. The molecule has 0 saturated carbocycles. The van der Waals surface area contributed by atoms with Crippen molar-refractivity contribution >= 4 is 11.8 Å². The summed E-state index contributed by atoms with van der Waals surface area (Å²) in [7, 11) is 0. The molecular weight excluding hydrogens is 264 g/mol. The van der Waals surface area contributed by atoms with E-state index in [0.29, 0.717) is 12.5 Å². The molecule has 4 heteroatoms. The first-order valence-electron chi connectivity index (χ1n) is 8.24. The van der Waals surface area contributed by atoms with Gasteiger partial charge in [-0.1, -0.05) is 61.3 Å². The number of nitrogens with one attached hydrogen (secondary N) is 1.